The Morgan fingerprint density at radius 2 is 1.85 bits per heavy atom. The van der Waals surface area contributed by atoms with Crippen molar-refractivity contribution in [1.29, 1.82) is 5.26 Å². The molecular weight excluding hydrogens is 457 g/mol. The number of rotatable bonds is 8. The van der Waals surface area contributed by atoms with E-state index in [0.717, 1.165) is 17.3 Å². The second-order valence-electron chi connectivity index (χ2n) is 7.29. The number of nitrogens with zero attached hydrogens (tertiary/aromatic N) is 1. The van der Waals surface area contributed by atoms with Crippen molar-refractivity contribution in [2.75, 3.05) is 24.8 Å². The second kappa shape index (κ2) is 11.4. The third-order valence-corrected chi connectivity index (χ3v) is 6.07. The number of allylic oxidation sites excluding steroid dienone is 2. The number of carbonyl (C=O) groups excluding carboxylic acids is 2. The largest absolute Gasteiger partial charge is 0.494 e. The second-order valence-corrected chi connectivity index (χ2v) is 8.27. The number of ether oxygens (including phenoxy) is 2. The normalized spacial score (nSPS) is 15.3. The maximum atomic E-state index is 13.1. The van der Waals surface area contributed by atoms with Crippen LogP contribution in [0.1, 0.15) is 25.3 Å². The van der Waals surface area contributed by atoms with Crippen molar-refractivity contribution in [3.8, 4) is 11.8 Å². The van der Waals surface area contributed by atoms with Crippen LogP contribution in [0.4, 0.5) is 10.1 Å². The van der Waals surface area contributed by atoms with Gasteiger partial charge in [0.15, 0.2) is 0 Å². The fourth-order valence-corrected chi connectivity index (χ4v) is 4.42. The molecule has 34 heavy (non-hydrogen) atoms. The first-order valence-electron chi connectivity index (χ1n) is 10.5. The minimum Gasteiger partial charge on any atom is -0.494 e. The quantitative estimate of drug-likeness (QED) is 0.537. The van der Waals surface area contributed by atoms with Crippen LogP contribution in [0.15, 0.2) is 70.4 Å². The predicted molar refractivity (Wildman–Crippen MR) is 128 cm³/mol. The van der Waals surface area contributed by atoms with Gasteiger partial charge in [-0.1, -0.05) is 23.9 Å². The number of amides is 1. The summed E-state index contributed by atoms with van der Waals surface area (Å²) in [5, 5.41) is 16.3. The average Bonchev–Trinajstić information content (AvgIpc) is 2.84. The number of hydrogen-bond acceptors (Lipinski definition) is 7. The Kier molecular flexibility index (Phi) is 8.33. The first kappa shape index (κ1) is 24.9. The molecule has 0 radical (unpaired) electrons. The molecule has 2 aromatic rings. The summed E-state index contributed by atoms with van der Waals surface area (Å²) in [5.74, 6) is -1.25. The molecule has 9 heteroatoms. The zero-order valence-electron chi connectivity index (χ0n) is 19.0. The van der Waals surface area contributed by atoms with Crippen LogP contribution >= 0.6 is 11.8 Å². The molecule has 0 bridgehead atoms. The molecule has 0 aliphatic carbocycles. The van der Waals surface area contributed by atoms with E-state index in [-0.39, 0.29) is 11.7 Å². The molecule has 0 saturated heterocycles. The van der Waals surface area contributed by atoms with Crippen LogP contribution in [0.25, 0.3) is 0 Å². The number of dihydropyridines is 1. The minimum atomic E-state index is -0.669. The predicted octanol–water partition coefficient (Wildman–Crippen LogP) is 4.47. The minimum absolute atomic E-state index is 0.00171. The standard InChI is InChI=1S/C25H24FN3O4S/c1-4-33-19-11-5-16(6-12-19)23-20(13-27)24(28-15(2)22(23)25(31)32-3)34-14-21(30)29-18-9-7-17(26)8-10-18/h5-12,23,28H,4,14H2,1-3H3,(H,29,30)/t23-/m1/s1. The van der Waals surface area contributed by atoms with Crippen LogP contribution in [-0.2, 0) is 14.3 Å². The molecule has 0 aromatic heterocycles. The molecule has 176 valence electrons. The van der Waals surface area contributed by atoms with Gasteiger partial charge in [0.1, 0.15) is 11.6 Å². The first-order valence-corrected chi connectivity index (χ1v) is 11.5. The van der Waals surface area contributed by atoms with Gasteiger partial charge in [0, 0.05) is 11.4 Å². The van der Waals surface area contributed by atoms with Gasteiger partial charge in [-0.15, -0.1) is 0 Å². The van der Waals surface area contributed by atoms with Crippen molar-refractivity contribution in [2.24, 2.45) is 0 Å². The maximum absolute atomic E-state index is 13.1. The average molecular weight is 482 g/mol. The van der Waals surface area contributed by atoms with Gasteiger partial charge in [-0.2, -0.15) is 5.26 Å². The molecule has 1 aliphatic rings. The molecule has 2 aromatic carbocycles. The number of methoxy groups -OCH3 is 1. The lowest BCUT2D eigenvalue weighted by Crippen LogP contribution is -2.29. The van der Waals surface area contributed by atoms with Crippen LogP contribution in [0.3, 0.4) is 0 Å². The smallest absolute Gasteiger partial charge is 0.336 e. The van der Waals surface area contributed by atoms with Gasteiger partial charge in [0.25, 0.3) is 0 Å². The fraction of sp³-hybridized carbons (Fsp3) is 0.240. The lowest BCUT2D eigenvalue weighted by Gasteiger charge is -2.29. The van der Waals surface area contributed by atoms with Crippen LogP contribution < -0.4 is 15.4 Å². The summed E-state index contributed by atoms with van der Waals surface area (Å²) in [6.45, 7) is 4.12. The zero-order chi connectivity index (χ0) is 24.7. The molecule has 0 fully saturated rings. The van der Waals surface area contributed by atoms with E-state index < -0.39 is 17.7 Å². The summed E-state index contributed by atoms with van der Waals surface area (Å²) in [6, 6.07) is 14.8. The van der Waals surface area contributed by atoms with Crippen LogP contribution in [0.2, 0.25) is 0 Å². The maximum Gasteiger partial charge on any atom is 0.336 e. The zero-order valence-corrected chi connectivity index (χ0v) is 19.8. The van der Waals surface area contributed by atoms with E-state index in [4.69, 9.17) is 9.47 Å². The van der Waals surface area contributed by atoms with Gasteiger partial charge in [0.05, 0.1) is 47.6 Å². The highest BCUT2D eigenvalue weighted by molar-refractivity contribution is 8.03. The molecule has 2 N–H and O–H groups in total. The summed E-state index contributed by atoms with van der Waals surface area (Å²) in [5.41, 5.74) is 2.34. The lowest BCUT2D eigenvalue weighted by atomic mass is 9.82. The van der Waals surface area contributed by atoms with Gasteiger partial charge in [-0.3, -0.25) is 4.79 Å². The molecule has 0 saturated carbocycles. The number of carbonyl (C=O) groups is 2. The van der Waals surface area contributed by atoms with E-state index in [1.165, 1.54) is 31.4 Å². The summed E-state index contributed by atoms with van der Waals surface area (Å²) in [4.78, 5) is 25.0. The van der Waals surface area contributed by atoms with Crippen molar-refractivity contribution < 1.29 is 23.5 Å². The van der Waals surface area contributed by atoms with Gasteiger partial charge < -0.3 is 20.1 Å². The molecule has 3 rings (SSSR count). The van der Waals surface area contributed by atoms with E-state index in [9.17, 15) is 19.2 Å². The van der Waals surface area contributed by atoms with Gasteiger partial charge >= 0.3 is 5.97 Å². The van der Waals surface area contributed by atoms with Crippen molar-refractivity contribution in [2.45, 2.75) is 19.8 Å². The summed E-state index contributed by atoms with van der Waals surface area (Å²) >= 11 is 1.14. The molecular formula is C25H24FN3O4S. The Morgan fingerprint density at radius 3 is 2.44 bits per heavy atom. The number of halogens is 1. The molecule has 7 nitrogen and oxygen atoms in total. The Balaban J connectivity index is 1.88. The number of benzene rings is 2. The highest BCUT2D eigenvalue weighted by Gasteiger charge is 2.35. The van der Waals surface area contributed by atoms with Crippen LogP contribution in [-0.4, -0.2) is 31.3 Å². The van der Waals surface area contributed by atoms with Crippen molar-refractivity contribution in [1.82, 2.24) is 5.32 Å². The van der Waals surface area contributed by atoms with Gasteiger partial charge in [0.2, 0.25) is 5.91 Å². The van der Waals surface area contributed by atoms with Crippen molar-refractivity contribution >= 4 is 29.3 Å². The van der Waals surface area contributed by atoms with Crippen LogP contribution in [0, 0.1) is 17.1 Å². The third kappa shape index (κ3) is 5.77. The molecule has 0 unspecified atom stereocenters. The van der Waals surface area contributed by atoms with E-state index in [1.54, 1.807) is 31.2 Å². The molecule has 1 heterocycles. The van der Waals surface area contributed by atoms with E-state index in [0.29, 0.717) is 39.9 Å². The Bertz CT molecular complexity index is 1170. The Hall–Kier alpha value is -3.77. The molecule has 0 spiro atoms. The molecule has 1 amide bonds. The van der Waals surface area contributed by atoms with E-state index in [1.807, 2.05) is 6.92 Å². The number of anilines is 1. The van der Waals surface area contributed by atoms with Crippen molar-refractivity contribution in [3.05, 3.63) is 81.8 Å². The highest BCUT2D eigenvalue weighted by atomic mass is 32.2. The number of thioether (sulfide) groups is 1. The van der Waals surface area contributed by atoms with Crippen molar-refractivity contribution in [3.63, 3.8) is 0 Å². The summed E-state index contributed by atoms with van der Waals surface area (Å²) in [7, 11) is 1.29. The third-order valence-electron chi connectivity index (χ3n) is 5.05. The highest BCUT2D eigenvalue weighted by Crippen LogP contribution is 2.41. The van der Waals surface area contributed by atoms with Gasteiger partial charge in [-0.25, -0.2) is 9.18 Å². The Morgan fingerprint density at radius 1 is 1.18 bits per heavy atom. The fourth-order valence-electron chi connectivity index (χ4n) is 3.53. The number of esters is 1. The first-order chi connectivity index (χ1) is 16.4. The summed E-state index contributed by atoms with van der Waals surface area (Å²) < 4.78 is 23.6. The Labute approximate surface area is 201 Å². The lowest BCUT2D eigenvalue weighted by molar-refractivity contribution is -0.136. The number of hydrogen-bond donors (Lipinski definition) is 2. The molecule has 1 atom stereocenters. The SMILES string of the molecule is CCOc1ccc([C@@H]2C(C#N)=C(SCC(=O)Nc3ccc(F)cc3)NC(C)=C2C(=O)OC)cc1. The topological polar surface area (TPSA) is 100 Å². The molecule has 1 aliphatic heterocycles. The number of nitrogens with one attached hydrogen (secondary N) is 2. The van der Waals surface area contributed by atoms with E-state index >= 15 is 0 Å². The number of nitriles is 1. The van der Waals surface area contributed by atoms with E-state index in [2.05, 4.69) is 16.7 Å². The van der Waals surface area contributed by atoms with Crippen LogP contribution in [0.5, 0.6) is 5.75 Å². The van der Waals surface area contributed by atoms with Gasteiger partial charge in [-0.05, 0) is 55.8 Å². The monoisotopic (exact) mass is 481 g/mol. The summed E-state index contributed by atoms with van der Waals surface area (Å²) in [6.07, 6.45) is 0.